The Balaban J connectivity index is 2.46. The molecule has 1 aromatic carbocycles. The molecule has 1 N–H and O–H groups in total. The number of aliphatic hydroxyl groups is 1. The van der Waals surface area contributed by atoms with Crippen molar-refractivity contribution < 1.29 is 9.84 Å². The highest BCUT2D eigenvalue weighted by Gasteiger charge is 2.16. The number of nitrogens with zero attached hydrogens (tertiary/aromatic N) is 1. The van der Waals surface area contributed by atoms with Crippen molar-refractivity contribution in [1.82, 2.24) is 0 Å². The van der Waals surface area contributed by atoms with Crippen LogP contribution in [0.2, 0.25) is 0 Å². The van der Waals surface area contributed by atoms with E-state index < -0.39 is 0 Å². The van der Waals surface area contributed by atoms with Crippen LogP contribution in [0.5, 0.6) is 5.75 Å². The minimum atomic E-state index is -0.353. The minimum absolute atomic E-state index is 0.0148. The van der Waals surface area contributed by atoms with Crippen molar-refractivity contribution in [2.24, 2.45) is 5.41 Å². The van der Waals surface area contributed by atoms with E-state index in [0.29, 0.717) is 13.0 Å². The number of hydrogen-bond donors (Lipinski definition) is 1. The standard InChI is InChI=1S/C13H17NO2/c1-13(2,10-14)6-7-16-12-5-3-4-11(8-12)9-15/h3-5,8,15H,6-7,9H2,1-2H3. The molecule has 0 fully saturated rings. The molecule has 0 aliphatic heterocycles. The second-order valence-corrected chi connectivity index (χ2v) is 4.40. The molecule has 0 aliphatic rings. The van der Waals surface area contributed by atoms with E-state index in [1.807, 2.05) is 32.0 Å². The minimum Gasteiger partial charge on any atom is -0.494 e. The summed E-state index contributed by atoms with van der Waals surface area (Å²) in [7, 11) is 0. The lowest BCUT2D eigenvalue weighted by molar-refractivity contribution is 0.260. The summed E-state index contributed by atoms with van der Waals surface area (Å²) in [5, 5.41) is 17.8. The fourth-order valence-electron chi connectivity index (χ4n) is 1.21. The van der Waals surface area contributed by atoms with Crippen LogP contribution in [-0.4, -0.2) is 11.7 Å². The summed E-state index contributed by atoms with van der Waals surface area (Å²) in [5.74, 6) is 0.736. The van der Waals surface area contributed by atoms with Crippen molar-refractivity contribution in [3.05, 3.63) is 29.8 Å². The Morgan fingerprint density at radius 3 is 2.81 bits per heavy atom. The molecule has 0 heterocycles. The van der Waals surface area contributed by atoms with Gasteiger partial charge < -0.3 is 9.84 Å². The summed E-state index contributed by atoms with van der Waals surface area (Å²) in [4.78, 5) is 0. The summed E-state index contributed by atoms with van der Waals surface area (Å²) < 4.78 is 5.52. The Bertz CT molecular complexity index is 380. The topological polar surface area (TPSA) is 53.2 Å². The average Bonchev–Trinajstić information content (AvgIpc) is 2.29. The van der Waals surface area contributed by atoms with E-state index in [4.69, 9.17) is 15.1 Å². The van der Waals surface area contributed by atoms with Crippen molar-refractivity contribution in [2.45, 2.75) is 26.9 Å². The Labute approximate surface area is 96.3 Å². The zero-order chi connectivity index (χ0) is 12.0. The molecule has 3 nitrogen and oxygen atoms in total. The highest BCUT2D eigenvalue weighted by Crippen LogP contribution is 2.20. The third kappa shape index (κ3) is 3.92. The largest absolute Gasteiger partial charge is 0.494 e. The van der Waals surface area contributed by atoms with E-state index >= 15 is 0 Å². The van der Waals surface area contributed by atoms with E-state index in [-0.39, 0.29) is 12.0 Å². The van der Waals surface area contributed by atoms with E-state index in [1.54, 1.807) is 6.07 Å². The van der Waals surface area contributed by atoms with E-state index in [0.717, 1.165) is 11.3 Å². The molecule has 0 aromatic heterocycles. The number of ether oxygens (including phenoxy) is 1. The lowest BCUT2D eigenvalue weighted by atomic mass is 9.92. The molecule has 16 heavy (non-hydrogen) atoms. The predicted octanol–water partition coefficient (Wildman–Crippen LogP) is 2.50. The van der Waals surface area contributed by atoms with Gasteiger partial charge in [-0.2, -0.15) is 5.26 Å². The molecule has 0 aliphatic carbocycles. The van der Waals surface area contributed by atoms with E-state index in [1.165, 1.54) is 0 Å². The normalized spacial score (nSPS) is 10.9. The first-order valence-electron chi connectivity index (χ1n) is 5.31. The first kappa shape index (κ1) is 12.5. The monoisotopic (exact) mass is 219 g/mol. The third-order valence-corrected chi connectivity index (χ3v) is 2.38. The van der Waals surface area contributed by atoms with Crippen molar-refractivity contribution >= 4 is 0 Å². The van der Waals surface area contributed by atoms with Crippen molar-refractivity contribution in [2.75, 3.05) is 6.61 Å². The molecule has 3 heteroatoms. The van der Waals surface area contributed by atoms with Crippen LogP contribution < -0.4 is 4.74 Å². The zero-order valence-corrected chi connectivity index (χ0v) is 9.73. The van der Waals surface area contributed by atoms with Crippen molar-refractivity contribution in [3.63, 3.8) is 0 Å². The van der Waals surface area contributed by atoms with Gasteiger partial charge in [0, 0.05) is 0 Å². The summed E-state index contributed by atoms with van der Waals surface area (Å²) in [5.41, 5.74) is 0.478. The second kappa shape index (κ2) is 5.53. The van der Waals surface area contributed by atoms with Crippen LogP contribution in [0, 0.1) is 16.7 Å². The van der Waals surface area contributed by atoms with Gasteiger partial charge in [-0.3, -0.25) is 0 Å². The van der Waals surface area contributed by atoms with Crippen LogP contribution in [0.4, 0.5) is 0 Å². The molecule has 0 spiro atoms. The van der Waals surface area contributed by atoms with Crippen molar-refractivity contribution in [3.8, 4) is 11.8 Å². The first-order chi connectivity index (χ1) is 7.57. The smallest absolute Gasteiger partial charge is 0.119 e. The molecule has 86 valence electrons. The van der Waals surface area contributed by atoms with Gasteiger partial charge in [0.1, 0.15) is 5.75 Å². The van der Waals surface area contributed by atoms with Crippen LogP contribution in [-0.2, 0) is 6.61 Å². The molecular formula is C13H17NO2. The van der Waals surface area contributed by atoms with E-state index in [9.17, 15) is 0 Å². The summed E-state index contributed by atoms with van der Waals surface area (Å²) in [6.07, 6.45) is 0.687. The van der Waals surface area contributed by atoms with Crippen LogP contribution in [0.25, 0.3) is 0 Å². The van der Waals surface area contributed by atoms with Gasteiger partial charge in [0.25, 0.3) is 0 Å². The molecule has 0 saturated carbocycles. The molecule has 0 saturated heterocycles. The Kier molecular flexibility index (Phi) is 4.33. The summed E-state index contributed by atoms with van der Waals surface area (Å²) in [6, 6.07) is 9.56. The Morgan fingerprint density at radius 1 is 1.44 bits per heavy atom. The highest BCUT2D eigenvalue weighted by molar-refractivity contribution is 5.27. The molecule has 0 radical (unpaired) electrons. The summed E-state index contributed by atoms with van der Waals surface area (Å²) >= 11 is 0. The number of aliphatic hydroxyl groups excluding tert-OH is 1. The van der Waals surface area contributed by atoms with Gasteiger partial charge in [-0.1, -0.05) is 12.1 Å². The lowest BCUT2D eigenvalue weighted by Crippen LogP contribution is -2.13. The molecule has 0 atom stereocenters. The van der Waals surface area contributed by atoms with Gasteiger partial charge in [0.05, 0.1) is 24.7 Å². The SMILES string of the molecule is CC(C)(C#N)CCOc1cccc(CO)c1. The molecule has 1 rings (SSSR count). The average molecular weight is 219 g/mol. The van der Waals surface area contributed by atoms with Gasteiger partial charge in [0.15, 0.2) is 0 Å². The maximum atomic E-state index is 8.96. The van der Waals surface area contributed by atoms with Gasteiger partial charge in [-0.25, -0.2) is 0 Å². The highest BCUT2D eigenvalue weighted by atomic mass is 16.5. The Hall–Kier alpha value is -1.53. The molecule has 0 amide bonds. The number of hydrogen-bond acceptors (Lipinski definition) is 3. The van der Waals surface area contributed by atoms with Crippen LogP contribution in [0.3, 0.4) is 0 Å². The second-order valence-electron chi connectivity index (χ2n) is 4.40. The van der Waals surface area contributed by atoms with Crippen LogP contribution in [0.1, 0.15) is 25.8 Å². The lowest BCUT2D eigenvalue weighted by Gasteiger charge is -2.15. The number of benzene rings is 1. The van der Waals surface area contributed by atoms with Gasteiger partial charge in [-0.05, 0) is 38.0 Å². The van der Waals surface area contributed by atoms with Crippen LogP contribution >= 0.6 is 0 Å². The molecule has 0 bridgehead atoms. The molecule has 1 aromatic rings. The quantitative estimate of drug-likeness (QED) is 0.827. The number of rotatable bonds is 5. The Morgan fingerprint density at radius 2 is 2.19 bits per heavy atom. The fourth-order valence-corrected chi connectivity index (χ4v) is 1.21. The molecular weight excluding hydrogens is 202 g/mol. The fraction of sp³-hybridized carbons (Fsp3) is 0.462. The first-order valence-corrected chi connectivity index (χ1v) is 5.31. The third-order valence-electron chi connectivity index (χ3n) is 2.38. The van der Waals surface area contributed by atoms with Crippen molar-refractivity contribution in [1.29, 1.82) is 5.26 Å². The maximum Gasteiger partial charge on any atom is 0.119 e. The van der Waals surface area contributed by atoms with Gasteiger partial charge >= 0.3 is 0 Å². The predicted molar refractivity (Wildman–Crippen MR) is 61.9 cm³/mol. The van der Waals surface area contributed by atoms with Gasteiger partial charge in [-0.15, -0.1) is 0 Å². The summed E-state index contributed by atoms with van der Waals surface area (Å²) in [6.45, 7) is 4.30. The maximum absolute atomic E-state index is 8.96. The van der Waals surface area contributed by atoms with Gasteiger partial charge in [0.2, 0.25) is 0 Å². The van der Waals surface area contributed by atoms with Crippen LogP contribution in [0.15, 0.2) is 24.3 Å². The zero-order valence-electron chi connectivity index (χ0n) is 9.73. The van der Waals surface area contributed by atoms with E-state index in [2.05, 4.69) is 6.07 Å². The molecule has 0 unspecified atom stereocenters. The number of nitriles is 1.